The van der Waals surface area contributed by atoms with Crippen LogP contribution in [0.4, 0.5) is 5.69 Å². The summed E-state index contributed by atoms with van der Waals surface area (Å²) in [5, 5.41) is 6.07. The number of carbonyl (C=O) groups is 3. The van der Waals surface area contributed by atoms with Gasteiger partial charge < -0.3 is 10.6 Å². The lowest BCUT2D eigenvalue weighted by Crippen LogP contribution is -2.57. The molecule has 0 spiro atoms. The number of nitrogens with one attached hydrogen (secondary N) is 2. The van der Waals surface area contributed by atoms with E-state index in [9.17, 15) is 14.4 Å². The van der Waals surface area contributed by atoms with Crippen LogP contribution in [0.1, 0.15) is 32.6 Å². The zero-order chi connectivity index (χ0) is 18.3. The summed E-state index contributed by atoms with van der Waals surface area (Å²) in [4.78, 5) is 41.5. The molecule has 6 nitrogen and oxygen atoms in total. The van der Waals surface area contributed by atoms with Gasteiger partial charge in [-0.2, -0.15) is 0 Å². The molecule has 1 aromatic rings. The Labute approximate surface area is 157 Å². The molecule has 0 bridgehead atoms. The number of imide groups is 1. The van der Waals surface area contributed by atoms with Crippen molar-refractivity contribution in [1.82, 2.24) is 10.2 Å². The Morgan fingerprint density at radius 1 is 1.23 bits per heavy atom. The van der Waals surface area contributed by atoms with Crippen molar-refractivity contribution in [2.45, 2.75) is 48.3 Å². The number of carbonyl (C=O) groups excluding carboxylic acids is 3. The minimum absolute atomic E-state index is 0.0562. The second-order valence-electron chi connectivity index (χ2n) is 7.37. The van der Waals surface area contributed by atoms with Crippen LogP contribution in [-0.2, 0) is 14.4 Å². The smallest absolute Gasteiger partial charge is 0.255 e. The second-order valence-corrected chi connectivity index (χ2v) is 8.83. The molecule has 1 aromatic carbocycles. The Hall–Kier alpha value is -1.86. The Kier molecular flexibility index (Phi) is 4.52. The van der Waals surface area contributed by atoms with E-state index in [-0.39, 0.29) is 29.7 Å². The normalized spacial score (nSPS) is 28.0. The van der Waals surface area contributed by atoms with Gasteiger partial charge in [-0.3, -0.25) is 19.3 Å². The largest absolute Gasteiger partial charge is 0.323 e. The molecular formula is C19H23N3O3S. The summed E-state index contributed by atoms with van der Waals surface area (Å²) in [6.45, 7) is 3.15. The maximum atomic E-state index is 13.4. The third-order valence-corrected chi connectivity index (χ3v) is 6.65. The van der Waals surface area contributed by atoms with Gasteiger partial charge >= 0.3 is 0 Å². The maximum Gasteiger partial charge on any atom is 0.255 e. The molecule has 2 fully saturated rings. The summed E-state index contributed by atoms with van der Waals surface area (Å²) >= 11 is 1.24. The van der Waals surface area contributed by atoms with E-state index >= 15 is 0 Å². The number of piperidine rings is 1. The van der Waals surface area contributed by atoms with Crippen LogP contribution in [0.25, 0.3) is 0 Å². The van der Waals surface area contributed by atoms with E-state index in [0.29, 0.717) is 12.2 Å². The van der Waals surface area contributed by atoms with E-state index in [4.69, 9.17) is 0 Å². The van der Waals surface area contributed by atoms with Crippen molar-refractivity contribution >= 4 is 35.2 Å². The monoisotopic (exact) mass is 373 g/mol. The molecule has 0 aromatic heterocycles. The second kappa shape index (κ2) is 6.70. The number of fused-ring (bicyclic) bond motifs is 1. The number of nitrogens with zero attached hydrogens (tertiary/aromatic N) is 1. The minimum Gasteiger partial charge on any atom is -0.323 e. The van der Waals surface area contributed by atoms with Crippen LogP contribution in [-0.4, -0.2) is 46.5 Å². The lowest BCUT2D eigenvalue weighted by Gasteiger charge is -2.37. The molecule has 3 amide bonds. The highest BCUT2D eigenvalue weighted by Crippen LogP contribution is 2.44. The molecule has 3 aliphatic rings. The molecule has 0 radical (unpaired) electrons. The molecule has 4 rings (SSSR count). The molecule has 2 heterocycles. The topological polar surface area (TPSA) is 78.5 Å². The number of hydrogen-bond donors (Lipinski definition) is 2. The van der Waals surface area contributed by atoms with Gasteiger partial charge in [0.2, 0.25) is 11.8 Å². The van der Waals surface area contributed by atoms with E-state index < -0.39 is 4.75 Å². The number of para-hydroxylation sites is 1. The van der Waals surface area contributed by atoms with Crippen LogP contribution in [0.2, 0.25) is 0 Å². The molecule has 1 saturated carbocycles. The fourth-order valence-corrected chi connectivity index (χ4v) is 4.72. The number of thioether (sulfide) groups is 1. The van der Waals surface area contributed by atoms with Crippen molar-refractivity contribution in [3.8, 4) is 0 Å². The fourth-order valence-electron chi connectivity index (χ4n) is 3.58. The van der Waals surface area contributed by atoms with Crippen molar-refractivity contribution in [3.05, 3.63) is 24.3 Å². The summed E-state index contributed by atoms with van der Waals surface area (Å²) < 4.78 is -1.32. The molecule has 2 atom stereocenters. The Morgan fingerprint density at radius 2 is 2.00 bits per heavy atom. The number of rotatable bonds is 3. The van der Waals surface area contributed by atoms with Gasteiger partial charge in [0.05, 0.1) is 11.6 Å². The third kappa shape index (κ3) is 3.03. The molecule has 1 aliphatic carbocycles. The molecule has 26 heavy (non-hydrogen) atoms. The van der Waals surface area contributed by atoms with Gasteiger partial charge in [0.1, 0.15) is 0 Å². The Morgan fingerprint density at radius 3 is 2.69 bits per heavy atom. The van der Waals surface area contributed by atoms with Gasteiger partial charge in [-0.25, -0.2) is 0 Å². The summed E-state index contributed by atoms with van der Waals surface area (Å²) in [5.74, 6) is -1.04. The van der Waals surface area contributed by atoms with E-state index in [1.54, 1.807) is 6.92 Å². The summed E-state index contributed by atoms with van der Waals surface area (Å²) in [6.07, 6.45) is 3.39. The SMILES string of the molecule is CC1(C(=O)N(C(=O)C2CCCNC2)C2CC2)Sc2ccccc2NC1=O. The fraction of sp³-hybridized carbons (Fsp3) is 0.526. The van der Waals surface area contributed by atoms with Crippen molar-refractivity contribution in [3.63, 3.8) is 0 Å². The van der Waals surface area contributed by atoms with E-state index in [0.717, 1.165) is 37.1 Å². The van der Waals surface area contributed by atoms with Gasteiger partial charge in [-0.05, 0) is 51.3 Å². The first kappa shape index (κ1) is 17.5. The van der Waals surface area contributed by atoms with Crippen LogP contribution in [0.15, 0.2) is 29.2 Å². The summed E-state index contributed by atoms with van der Waals surface area (Å²) in [5.41, 5.74) is 0.716. The number of benzene rings is 1. The third-order valence-electron chi connectivity index (χ3n) is 5.31. The van der Waals surface area contributed by atoms with Gasteiger partial charge in [-0.1, -0.05) is 23.9 Å². The van der Waals surface area contributed by atoms with Crippen molar-refractivity contribution < 1.29 is 14.4 Å². The lowest BCUT2D eigenvalue weighted by molar-refractivity contribution is -0.150. The molecule has 2 aliphatic heterocycles. The quantitative estimate of drug-likeness (QED) is 0.626. The van der Waals surface area contributed by atoms with Crippen LogP contribution >= 0.6 is 11.8 Å². The van der Waals surface area contributed by atoms with E-state index in [1.165, 1.54) is 16.7 Å². The van der Waals surface area contributed by atoms with Gasteiger partial charge in [0, 0.05) is 17.5 Å². The predicted molar refractivity (Wildman–Crippen MR) is 99.8 cm³/mol. The van der Waals surface area contributed by atoms with Gasteiger partial charge in [0.15, 0.2) is 4.75 Å². The molecular weight excluding hydrogens is 350 g/mol. The summed E-state index contributed by atoms with van der Waals surface area (Å²) in [6, 6.07) is 7.38. The highest BCUT2D eigenvalue weighted by molar-refractivity contribution is 8.02. The molecule has 7 heteroatoms. The Bertz CT molecular complexity index is 758. The highest BCUT2D eigenvalue weighted by atomic mass is 32.2. The standard InChI is InChI=1S/C19H23N3O3S/c1-19(17(24)21-14-6-2-3-7-15(14)26-19)18(25)22(13-8-9-13)16(23)12-5-4-10-20-11-12/h2-3,6-7,12-13,20H,4-5,8-11H2,1H3,(H,21,24). The van der Waals surface area contributed by atoms with Crippen LogP contribution in [0.3, 0.4) is 0 Å². The van der Waals surface area contributed by atoms with Gasteiger partial charge in [0.25, 0.3) is 5.91 Å². The van der Waals surface area contributed by atoms with Crippen molar-refractivity contribution in [1.29, 1.82) is 0 Å². The first-order chi connectivity index (χ1) is 12.5. The maximum absolute atomic E-state index is 13.4. The zero-order valence-electron chi connectivity index (χ0n) is 14.8. The van der Waals surface area contributed by atoms with Crippen LogP contribution in [0.5, 0.6) is 0 Å². The van der Waals surface area contributed by atoms with Crippen LogP contribution < -0.4 is 10.6 Å². The average molecular weight is 373 g/mol. The van der Waals surface area contributed by atoms with E-state index in [2.05, 4.69) is 10.6 Å². The first-order valence-electron chi connectivity index (χ1n) is 9.18. The first-order valence-corrected chi connectivity index (χ1v) is 10.00. The minimum atomic E-state index is -1.32. The zero-order valence-corrected chi connectivity index (χ0v) is 15.6. The predicted octanol–water partition coefficient (Wildman–Crippen LogP) is 2.01. The van der Waals surface area contributed by atoms with Crippen molar-refractivity contribution in [2.75, 3.05) is 18.4 Å². The highest BCUT2D eigenvalue weighted by Gasteiger charge is 2.52. The molecule has 1 saturated heterocycles. The van der Waals surface area contributed by atoms with Gasteiger partial charge in [-0.15, -0.1) is 0 Å². The molecule has 2 N–H and O–H groups in total. The lowest BCUT2D eigenvalue weighted by atomic mass is 9.97. The molecule has 2 unspecified atom stereocenters. The number of anilines is 1. The van der Waals surface area contributed by atoms with Crippen molar-refractivity contribution in [2.24, 2.45) is 5.92 Å². The summed E-state index contributed by atoms with van der Waals surface area (Å²) in [7, 11) is 0. The van der Waals surface area contributed by atoms with Crippen LogP contribution in [0, 0.1) is 5.92 Å². The Balaban J connectivity index is 1.61. The number of hydrogen-bond acceptors (Lipinski definition) is 5. The number of amides is 3. The molecule has 138 valence electrons. The average Bonchev–Trinajstić information content (AvgIpc) is 3.48. The van der Waals surface area contributed by atoms with E-state index in [1.807, 2.05) is 24.3 Å².